The van der Waals surface area contributed by atoms with Gasteiger partial charge in [-0.1, -0.05) is 31.2 Å². The highest BCUT2D eigenvalue weighted by Gasteiger charge is 2.15. The Morgan fingerprint density at radius 1 is 1.25 bits per heavy atom. The average Bonchev–Trinajstić information content (AvgIpc) is 2.69. The van der Waals surface area contributed by atoms with Gasteiger partial charge in [-0.15, -0.1) is 0 Å². The van der Waals surface area contributed by atoms with Gasteiger partial charge in [-0.05, 0) is 24.7 Å². The van der Waals surface area contributed by atoms with Crippen LogP contribution in [0.1, 0.15) is 12.5 Å². The van der Waals surface area contributed by atoms with Gasteiger partial charge in [0.25, 0.3) is 0 Å². The Kier molecular flexibility index (Phi) is 8.87. The fourth-order valence-corrected chi connectivity index (χ4v) is 2.68. The lowest BCUT2D eigenvalue weighted by atomic mass is 10.2. The summed E-state index contributed by atoms with van der Waals surface area (Å²) in [4.78, 5) is 14.1. The van der Waals surface area contributed by atoms with Gasteiger partial charge in [-0.2, -0.15) is 0 Å². The summed E-state index contributed by atoms with van der Waals surface area (Å²) in [5.74, 6) is 0.142. The summed E-state index contributed by atoms with van der Waals surface area (Å²) in [6.45, 7) is 3.06. The number of amides is 1. The number of halogens is 1. The number of rotatable bonds is 11. The standard InChI is InChI=1S/C21H27FN2O4/c1-3-24(13-21(26)23-17-8-6-9-19(11-17)27-2)12-18(25)15-28-14-16-7-4-5-10-20(16)22/h4-11,18,25H,3,12-15H2,1-2H3,(H,23,26). The summed E-state index contributed by atoms with van der Waals surface area (Å²) in [5.41, 5.74) is 1.09. The van der Waals surface area contributed by atoms with E-state index in [1.54, 1.807) is 49.6 Å². The number of ether oxygens (including phenoxy) is 2. The van der Waals surface area contributed by atoms with E-state index in [0.29, 0.717) is 23.5 Å². The number of hydrogen-bond donors (Lipinski definition) is 2. The summed E-state index contributed by atoms with van der Waals surface area (Å²) >= 11 is 0. The average molecular weight is 390 g/mol. The number of nitrogens with zero attached hydrogens (tertiary/aromatic N) is 1. The second kappa shape index (κ2) is 11.4. The lowest BCUT2D eigenvalue weighted by molar-refractivity contribution is -0.117. The fourth-order valence-electron chi connectivity index (χ4n) is 2.68. The zero-order valence-electron chi connectivity index (χ0n) is 16.2. The van der Waals surface area contributed by atoms with Crippen molar-refractivity contribution in [3.05, 3.63) is 59.9 Å². The van der Waals surface area contributed by atoms with Crippen LogP contribution >= 0.6 is 0 Å². The minimum absolute atomic E-state index is 0.0579. The zero-order chi connectivity index (χ0) is 20.4. The second-order valence-electron chi connectivity index (χ2n) is 6.37. The van der Waals surface area contributed by atoms with E-state index in [-0.39, 0.29) is 38.0 Å². The third-order valence-electron chi connectivity index (χ3n) is 4.16. The van der Waals surface area contributed by atoms with Crippen molar-refractivity contribution in [1.82, 2.24) is 4.90 Å². The minimum atomic E-state index is -0.781. The predicted octanol–water partition coefficient (Wildman–Crippen LogP) is 2.67. The number of benzene rings is 2. The Labute approximate surface area is 164 Å². The Hall–Kier alpha value is -2.48. The molecule has 0 aliphatic rings. The first-order valence-corrected chi connectivity index (χ1v) is 9.17. The number of likely N-dealkylation sites (N-methyl/N-ethyl adjacent to an activating group) is 1. The van der Waals surface area contributed by atoms with Crippen molar-refractivity contribution in [3.63, 3.8) is 0 Å². The van der Waals surface area contributed by atoms with E-state index in [1.807, 2.05) is 11.8 Å². The van der Waals surface area contributed by atoms with E-state index in [0.717, 1.165) is 0 Å². The number of aliphatic hydroxyl groups excluding tert-OH is 1. The first-order chi connectivity index (χ1) is 13.5. The molecule has 0 radical (unpaired) electrons. The number of carbonyl (C=O) groups excluding carboxylic acids is 1. The number of carbonyl (C=O) groups is 1. The fraction of sp³-hybridized carbons (Fsp3) is 0.381. The molecule has 1 amide bonds. The molecule has 0 saturated carbocycles. The van der Waals surface area contributed by atoms with E-state index in [1.165, 1.54) is 6.07 Å². The molecule has 152 valence electrons. The summed E-state index contributed by atoms with van der Waals surface area (Å²) in [6, 6.07) is 13.5. The van der Waals surface area contributed by atoms with E-state index in [9.17, 15) is 14.3 Å². The van der Waals surface area contributed by atoms with Crippen molar-refractivity contribution in [1.29, 1.82) is 0 Å². The zero-order valence-corrected chi connectivity index (χ0v) is 16.2. The monoisotopic (exact) mass is 390 g/mol. The van der Waals surface area contributed by atoms with Crippen molar-refractivity contribution in [3.8, 4) is 5.75 Å². The molecule has 0 aliphatic heterocycles. The molecule has 2 aromatic rings. The molecule has 0 aliphatic carbocycles. The van der Waals surface area contributed by atoms with Crippen molar-refractivity contribution in [2.45, 2.75) is 19.6 Å². The third-order valence-corrected chi connectivity index (χ3v) is 4.16. The molecule has 6 nitrogen and oxygen atoms in total. The smallest absolute Gasteiger partial charge is 0.238 e. The van der Waals surface area contributed by atoms with Gasteiger partial charge < -0.3 is 19.9 Å². The van der Waals surface area contributed by atoms with Gasteiger partial charge in [-0.3, -0.25) is 9.69 Å². The maximum Gasteiger partial charge on any atom is 0.238 e. The first kappa shape index (κ1) is 21.8. The quantitative estimate of drug-likeness (QED) is 0.617. The van der Waals surface area contributed by atoms with Gasteiger partial charge in [0.2, 0.25) is 5.91 Å². The van der Waals surface area contributed by atoms with E-state index < -0.39 is 6.10 Å². The highest BCUT2D eigenvalue weighted by molar-refractivity contribution is 5.92. The van der Waals surface area contributed by atoms with Crippen LogP contribution in [0.4, 0.5) is 10.1 Å². The topological polar surface area (TPSA) is 71.0 Å². The van der Waals surface area contributed by atoms with Gasteiger partial charge in [0, 0.05) is 23.9 Å². The molecule has 0 spiro atoms. The van der Waals surface area contributed by atoms with E-state index >= 15 is 0 Å². The summed E-state index contributed by atoms with van der Waals surface area (Å²) in [7, 11) is 1.56. The SMILES string of the molecule is CCN(CC(=O)Nc1cccc(OC)c1)CC(O)COCc1ccccc1F. The summed E-state index contributed by atoms with van der Waals surface area (Å²) < 4.78 is 24.1. The van der Waals surface area contributed by atoms with E-state index in [4.69, 9.17) is 9.47 Å². The normalized spacial score (nSPS) is 12.0. The van der Waals surface area contributed by atoms with Gasteiger partial charge in [0.1, 0.15) is 11.6 Å². The van der Waals surface area contributed by atoms with Crippen LogP contribution in [0.3, 0.4) is 0 Å². The molecular weight excluding hydrogens is 363 g/mol. The van der Waals surface area contributed by atoms with Gasteiger partial charge in [0.15, 0.2) is 0 Å². The molecule has 0 fully saturated rings. The maximum atomic E-state index is 13.5. The molecular formula is C21H27FN2O4. The van der Waals surface area contributed by atoms with Crippen LogP contribution in [0.5, 0.6) is 5.75 Å². The number of methoxy groups -OCH3 is 1. The molecule has 2 aromatic carbocycles. The highest BCUT2D eigenvalue weighted by atomic mass is 19.1. The number of nitrogens with one attached hydrogen (secondary N) is 1. The van der Waals surface area contributed by atoms with E-state index in [2.05, 4.69) is 5.32 Å². The Morgan fingerprint density at radius 2 is 2.04 bits per heavy atom. The summed E-state index contributed by atoms with van der Waals surface area (Å²) in [6.07, 6.45) is -0.781. The number of hydrogen-bond acceptors (Lipinski definition) is 5. The molecule has 0 saturated heterocycles. The minimum Gasteiger partial charge on any atom is -0.497 e. The second-order valence-corrected chi connectivity index (χ2v) is 6.37. The first-order valence-electron chi connectivity index (χ1n) is 9.17. The van der Waals surface area contributed by atoms with Crippen LogP contribution in [0.15, 0.2) is 48.5 Å². The highest BCUT2D eigenvalue weighted by Crippen LogP contribution is 2.16. The van der Waals surface area contributed by atoms with Crippen LogP contribution in [-0.2, 0) is 16.1 Å². The van der Waals surface area contributed by atoms with Crippen LogP contribution in [0, 0.1) is 5.82 Å². The van der Waals surface area contributed by atoms with Crippen molar-refractivity contribution >= 4 is 11.6 Å². The third kappa shape index (κ3) is 7.26. The van der Waals surface area contributed by atoms with Crippen molar-refractivity contribution in [2.75, 3.05) is 38.7 Å². The molecule has 0 aromatic heterocycles. The van der Waals surface area contributed by atoms with Crippen molar-refractivity contribution < 1.29 is 23.8 Å². The number of aliphatic hydroxyl groups is 1. The molecule has 2 rings (SSSR count). The maximum absolute atomic E-state index is 13.5. The number of anilines is 1. The Morgan fingerprint density at radius 3 is 2.75 bits per heavy atom. The molecule has 0 bridgehead atoms. The van der Waals surface area contributed by atoms with Crippen LogP contribution in [0.25, 0.3) is 0 Å². The van der Waals surface area contributed by atoms with Crippen molar-refractivity contribution in [2.24, 2.45) is 0 Å². The molecule has 0 heterocycles. The molecule has 2 N–H and O–H groups in total. The summed E-state index contributed by atoms with van der Waals surface area (Å²) in [5, 5.41) is 13.0. The Balaban J connectivity index is 1.75. The van der Waals surface area contributed by atoms with Crippen LogP contribution in [-0.4, -0.2) is 55.4 Å². The Bertz CT molecular complexity index is 757. The molecule has 7 heteroatoms. The van der Waals surface area contributed by atoms with Gasteiger partial charge in [-0.25, -0.2) is 4.39 Å². The van der Waals surface area contributed by atoms with Gasteiger partial charge >= 0.3 is 0 Å². The lowest BCUT2D eigenvalue weighted by Gasteiger charge is -2.23. The lowest BCUT2D eigenvalue weighted by Crippen LogP contribution is -2.39. The molecule has 28 heavy (non-hydrogen) atoms. The van der Waals surface area contributed by atoms with Gasteiger partial charge in [0.05, 0.1) is 33.0 Å². The predicted molar refractivity (Wildman–Crippen MR) is 106 cm³/mol. The molecule has 1 unspecified atom stereocenters. The van der Waals surface area contributed by atoms with Crippen LogP contribution in [0.2, 0.25) is 0 Å². The largest absolute Gasteiger partial charge is 0.497 e. The molecule has 1 atom stereocenters. The van der Waals surface area contributed by atoms with Crippen LogP contribution < -0.4 is 10.1 Å².